The Morgan fingerprint density at radius 3 is 2.42 bits per heavy atom. The number of benzene rings is 1. The molecule has 0 saturated carbocycles. The van der Waals surface area contributed by atoms with Gasteiger partial charge in [0.1, 0.15) is 5.54 Å². The first kappa shape index (κ1) is 18.5. The Morgan fingerprint density at radius 1 is 1.25 bits per heavy atom. The maximum Gasteiger partial charge on any atom is 0.274 e. The molecule has 0 atom stereocenters. The number of anilines is 1. The standard InChI is InChI=1S/C18H25N3O2S/c1-6-18(7-2)16(23)19-17(21(18)13(3)22)24-12-14-10-8-9-11-15(14)20(4)5/h8-11H,6-7,12H2,1-5H3. The first-order valence-corrected chi connectivity index (χ1v) is 9.17. The molecule has 1 aromatic rings. The van der Waals surface area contributed by atoms with Crippen LogP contribution in [-0.4, -0.2) is 41.5 Å². The van der Waals surface area contributed by atoms with Crippen molar-refractivity contribution in [2.24, 2.45) is 4.99 Å². The molecule has 0 spiro atoms. The van der Waals surface area contributed by atoms with Gasteiger partial charge in [-0.05, 0) is 24.5 Å². The van der Waals surface area contributed by atoms with Gasteiger partial charge in [0.15, 0.2) is 5.17 Å². The zero-order valence-electron chi connectivity index (χ0n) is 15.0. The summed E-state index contributed by atoms with van der Waals surface area (Å²) in [6.45, 7) is 5.37. The van der Waals surface area contributed by atoms with Crippen LogP contribution in [0.25, 0.3) is 0 Å². The van der Waals surface area contributed by atoms with Crippen LogP contribution in [0.4, 0.5) is 5.69 Å². The molecule has 0 unspecified atom stereocenters. The highest BCUT2D eigenvalue weighted by molar-refractivity contribution is 8.13. The van der Waals surface area contributed by atoms with Crippen LogP contribution in [0.2, 0.25) is 0 Å². The fourth-order valence-corrected chi connectivity index (χ4v) is 4.24. The SMILES string of the molecule is CCC1(CC)C(=O)N=C(SCc2ccccc2N(C)C)N1C(C)=O. The second kappa shape index (κ2) is 7.38. The molecule has 2 rings (SSSR count). The molecular formula is C18H25N3O2S. The number of carbonyl (C=O) groups is 2. The molecule has 0 aromatic heterocycles. The van der Waals surface area contributed by atoms with E-state index in [0.717, 1.165) is 11.3 Å². The number of thioether (sulfide) groups is 1. The van der Waals surface area contributed by atoms with E-state index < -0.39 is 5.54 Å². The van der Waals surface area contributed by atoms with Crippen LogP contribution in [0, 0.1) is 0 Å². The van der Waals surface area contributed by atoms with E-state index in [1.807, 2.05) is 40.1 Å². The lowest BCUT2D eigenvalue weighted by atomic mass is 9.91. The molecule has 1 heterocycles. The van der Waals surface area contributed by atoms with Crippen molar-refractivity contribution in [1.82, 2.24) is 4.90 Å². The van der Waals surface area contributed by atoms with Crippen LogP contribution in [0.5, 0.6) is 0 Å². The molecule has 0 N–H and O–H groups in total. The number of hydrogen-bond donors (Lipinski definition) is 0. The van der Waals surface area contributed by atoms with Gasteiger partial charge in [-0.2, -0.15) is 4.99 Å². The van der Waals surface area contributed by atoms with Crippen LogP contribution >= 0.6 is 11.8 Å². The first-order chi connectivity index (χ1) is 11.4. The lowest BCUT2D eigenvalue weighted by Gasteiger charge is -2.34. The summed E-state index contributed by atoms with van der Waals surface area (Å²) in [5.41, 5.74) is 1.47. The summed E-state index contributed by atoms with van der Waals surface area (Å²) in [5.74, 6) is 0.330. The molecule has 0 bridgehead atoms. The molecule has 24 heavy (non-hydrogen) atoms. The van der Waals surface area contributed by atoms with E-state index in [0.29, 0.717) is 23.8 Å². The number of rotatable bonds is 5. The maximum atomic E-state index is 12.5. The van der Waals surface area contributed by atoms with Gasteiger partial charge in [0.05, 0.1) is 0 Å². The average molecular weight is 347 g/mol. The van der Waals surface area contributed by atoms with Crippen molar-refractivity contribution in [3.05, 3.63) is 29.8 Å². The topological polar surface area (TPSA) is 53.0 Å². The van der Waals surface area contributed by atoms with Crippen molar-refractivity contribution in [2.75, 3.05) is 19.0 Å². The van der Waals surface area contributed by atoms with Crippen LogP contribution in [0.1, 0.15) is 39.2 Å². The van der Waals surface area contributed by atoms with Gasteiger partial charge in [0, 0.05) is 32.5 Å². The largest absolute Gasteiger partial charge is 0.377 e. The minimum Gasteiger partial charge on any atom is -0.377 e. The van der Waals surface area contributed by atoms with E-state index in [1.165, 1.54) is 18.7 Å². The zero-order chi connectivity index (χ0) is 17.9. The predicted octanol–water partition coefficient (Wildman–Crippen LogP) is 3.29. The smallest absolute Gasteiger partial charge is 0.274 e. The first-order valence-electron chi connectivity index (χ1n) is 8.19. The fraction of sp³-hybridized carbons (Fsp3) is 0.500. The third-order valence-electron chi connectivity index (χ3n) is 4.53. The summed E-state index contributed by atoms with van der Waals surface area (Å²) in [6.07, 6.45) is 1.15. The molecule has 0 radical (unpaired) electrons. The Balaban J connectivity index is 2.25. The summed E-state index contributed by atoms with van der Waals surface area (Å²) in [5, 5.41) is 0.518. The third kappa shape index (κ3) is 3.20. The Labute approximate surface area is 148 Å². The molecule has 1 aromatic carbocycles. The summed E-state index contributed by atoms with van der Waals surface area (Å²) >= 11 is 1.45. The van der Waals surface area contributed by atoms with E-state index in [4.69, 9.17) is 0 Å². The number of carbonyl (C=O) groups excluding carboxylic acids is 2. The highest BCUT2D eigenvalue weighted by Gasteiger charge is 2.49. The second-order valence-corrected chi connectivity index (χ2v) is 7.05. The molecule has 0 aliphatic carbocycles. The second-order valence-electron chi connectivity index (χ2n) is 6.10. The lowest BCUT2D eigenvalue weighted by molar-refractivity contribution is -0.137. The number of amidine groups is 1. The van der Waals surface area contributed by atoms with Gasteiger partial charge < -0.3 is 4.90 Å². The Bertz CT molecular complexity index is 666. The molecule has 2 amide bonds. The number of nitrogens with zero attached hydrogens (tertiary/aromatic N) is 3. The van der Waals surface area contributed by atoms with Gasteiger partial charge in [0.2, 0.25) is 5.91 Å². The van der Waals surface area contributed by atoms with E-state index in [1.54, 1.807) is 4.90 Å². The quantitative estimate of drug-likeness (QED) is 0.820. The number of amides is 2. The molecule has 5 nitrogen and oxygen atoms in total. The number of aliphatic imine (C=N–C) groups is 1. The van der Waals surface area contributed by atoms with E-state index in [2.05, 4.69) is 22.0 Å². The van der Waals surface area contributed by atoms with Gasteiger partial charge in [-0.3, -0.25) is 14.5 Å². The monoisotopic (exact) mass is 347 g/mol. The Hall–Kier alpha value is -1.82. The maximum absolute atomic E-state index is 12.5. The summed E-state index contributed by atoms with van der Waals surface area (Å²) in [6, 6.07) is 8.12. The lowest BCUT2D eigenvalue weighted by Crippen LogP contribution is -2.52. The summed E-state index contributed by atoms with van der Waals surface area (Å²) in [7, 11) is 4.00. The molecule has 130 valence electrons. The van der Waals surface area contributed by atoms with Crippen molar-refractivity contribution < 1.29 is 9.59 Å². The molecular weight excluding hydrogens is 322 g/mol. The van der Waals surface area contributed by atoms with Crippen molar-refractivity contribution in [1.29, 1.82) is 0 Å². The van der Waals surface area contributed by atoms with Gasteiger partial charge >= 0.3 is 0 Å². The van der Waals surface area contributed by atoms with E-state index in [-0.39, 0.29) is 11.8 Å². The molecule has 0 saturated heterocycles. The Morgan fingerprint density at radius 2 is 1.88 bits per heavy atom. The summed E-state index contributed by atoms with van der Waals surface area (Å²) < 4.78 is 0. The van der Waals surface area contributed by atoms with Crippen molar-refractivity contribution in [3.63, 3.8) is 0 Å². The predicted molar refractivity (Wildman–Crippen MR) is 100 cm³/mol. The minimum absolute atomic E-state index is 0.128. The van der Waals surface area contributed by atoms with Gasteiger partial charge in [-0.25, -0.2) is 0 Å². The van der Waals surface area contributed by atoms with Crippen molar-refractivity contribution in [2.45, 2.75) is 44.9 Å². The summed E-state index contributed by atoms with van der Waals surface area (Å²) in [4.78, 5) is 32.5. The average Bonchev–Trinajstić information content (AvgIpc) is 2.85. The van der Waals surface area contributed by atoms with E-state index in [9.17, 15) is 9.59 Å². The van der Waals surface area contributed by atoms with Crippen LogP contribution in [0.3, 0.4) is 0 Å². The third-order valence-corrected chi connectivity index (χ3v) is 5.52. The molecule has 1 aliphatic rings. The van der Waals surface area contributed by atoms with E-state index >= 15 is 0 Å². The fourth-order valence-electron chi connectivity index (χ4n) is 3.13. The van der Waals surface area contributed by atoms with Crippen molar-refractivity contribution >= 4 is 34.4 Å². The van der Waals surface area contributed by atoms with Gasteiger partial charge in [0.25, 0.3) is 5.91 Å². The highest BCUT2D eigenvalue weighted by atomic mass is 32.2. The van der Waals surface area contributed by atoms with Crippen molar-refractivity contribution in [3.8, 4) is 0 Å². The van der Waals surface area contributed by atoms with Crippen LogP contribution in [0.15, 0.2) is 29.3 Å². The van der Waals surface area contributed by atoms with Crippen LogP contribution in [-0.2, 0) is 15.3 Å². The number of hydrogen-bond acceptors (Lipinski definition) is 4. The zero-order valence-corrected chi connectivity index (χ0v) is 15.8. The molecule has 0 fully saturated rings. The minimum atomic E-state index is -0.810. The normalized spacial score (nSPS) is 16.3. The van der Waals surface area contributed by atoms with Gasteiger partial charge in [-0.15, -0.1) is 0 Å². The van der Waals surface area contributed by atoms with Crippen LogP contribution < -0.4 is 4.90 Å². The molecule has 6 heteroatoms. The van der Waals surface area contributed by atoms with Gasteiger partial charge in [-0.1, -0.05) is 43.8 Å². The highest BCUT2D eigenvalue weighted by Crippen LogP contribution is 2.36. The molecule has 1 aliphatic heterocycles. The Kier molecular flexibility index (Phi) is 5.70. The number of para-hydroxylation sites is 1.